The van der Waals surface area contributed by atoms with Gasteiger partial charge in [0.2, 0.25) is 0 Å². The van der Waals surface area contributed by atoms with Crippen LogP contribution in [0.2, 0.25) is 5.02 Å². The van der Waals surface area contributed by atoms with Crippen LogP contribution in [0.1, 0.15) is 10.4 Å². The van der Waals surface area contributed by atoms with E-state index in [9.17, 15) is 9.18 Å². The van der Waals surface area contributed by atoms with E-state index in [0.29, 0.717) is 26.2 Å². The van der Waals surface area contributed by atoms with Gasteiger partial charge in [0.25, 0.3) is 5.91 Å². The lowest BCUT2D eigenvalue weighted by Crippen LogP contribution is -2.33. The molecule has 19 heavy (non-hydrogen) atoms. The molecule has 0 radical (unpaired) electrons. The molecule has 7 heteroatoms. The van der Waals surface area contributed by atoms with Crippen molar-refractivity contribution in [3.63, 3.8) is 0 Å². The third kappa shape index (κ3) is 6.20. The summed E-state index contributed by atoms with van der Waals surface area (Å²) in [7, 11) is 1.62. The minimum absolute atomic E-state index is 0. The first-order valence-corrected chi connectivity index (χ1v) is 5.96. The fourth-order valence-corrected chi connectivity index (χ4v) is 1.51. The van der Waals surface area contributed by atoms with Gasteiger partial charge in [-0.25, -0.2) is 4.39 Å². The van der Waals surface area contributed by atoms with Crippen molar-refractivity contribution in [3.05, 3.63) is 34.6 Å². The molecule has 0 saturated carbocycles. The minimum Gasteiger partial charge on any atom is -0.383 e. The van der Waals surface area contributed by atoms with Crippen LogP contribution in [0, 0.1) is 5.82 Å². The summed E-state index contributed by atoms with van der Waals surface area (Å²) < 4.78 is 18.4. The van der Waals surface area contributed by atoms with Crippen LogP contribution < -0.4 is 10.6 Å². The van der Waals surface area contributed by atoms with E-state index < -0.39 is 11.7 Å². The van der Waals surface area contributed by atoms with Gasteiger partial charge in [0.05, 0.1) is 17.2 Å². The maximum atomic E-state index is 13.5. The van der Waals surface area contributed by atoms with Crippen molar-refractivity contribution in [1.29, 1.82) is 0 Å². The molecule has 0 fully saturated rings. The smallest absolute Gasteiger partial charge is 0.254 e. The molecule has 0 bridgehead atoms. The molecule has 0 aliphatic heterocycles. The van der Waals surface area contributed by atoms with Crippen molar-refractivity contribution in [2.24, 2.45) is 0 Å². The fraction of sp³-hybridized carbons (Fsp3) is 0.417. The summed E-state index contributed by atoms with van der Waals surface area (Å²) in [6.07, 6.45) is 0. The molecule has 1 aromatic rings. The van der Waals surface area contributed by atoms with Gasteiger partial charge in [-0.15, -0.1) is 12.4 Å². The van der Waals surface area contributed by atoms with Gasteiger partial charge in [-0.3, -0.25) is 4.79 Å². The monoisotopic (exact) mass is 310 g/mol. The Morgan fingerprint density at radius 2 is 2.11 bits per heavy atom. The first-order chi connectivity index (χ1) is 8.66. The molecule has 0 unspecified atom stereocenters. The predicted molar refractivity (Wildman–Crippen MR) is 75.7 cm³/mol. The Morgan fingerprint density at radius 3 is 2.79 bits per heavy atom. The molecular formula is C12H17Cl2FN2O2. The Kier molecular flexibility index (Phi) is 9.51. The molecule has 0 saturated heterocycles. The van der Waals surface area contributed by atoms with E-state index in [0.717, 1.165) is 0 Å². The summed E-state index contributed by atoms with van der Waals surface area (Å²) in [4.78, 5) is 11.6. The van der Waals surface area contributed by atoms with E-state index >= 15 is 0 Å². The highest BCUT2D eigenvalue weighted by Crippen LogP contribution is 2.17. The van der Waals surface area contributed by atoms with Gasteiger partial charge < -0.3 is 15.4 Å². The number of hydrogen-bond acceptors (Lipinski definition) is 3. The highest BCUT2D eigenvalue weighted by Gasteiger charge is 2.12. The topological polar surface area (TPSA) is 50.4 Å². The van der Waals surface area contributed by atoms with Crippen molar-refractivity contribution in [2.75, 3.05) is 33.4 Å². The summed E-state index contributed by atoms with van der Waals surface area (Å²) in [5.41, 5.74) is -0.0422. The van der Waals surface area contributed by atoms with Gasteiger partial charge in [-0.2, -0.15) is 0 Å². The van der Waals surface area contributed by atoms with Crippen molar-refractivity contribution in [3.8, 4) is 0 Å². The molecule has 1 aromatic carbocycles. The van der Waals surface area contributed by atoms with Gasteiger partial charge in [0.15, 0.2) is 5.82 Å². The fourth-order valence-electron chi connectivity index (χ4n) is 1.34. The lowest BCUT2D eigenvalue weighted by atomic mass is 10.2. The number of halogens is 3. The summed E-state index contributed by atoms with van der Waals surface area (Å²) in [5.74, 6) is -1.16. The highest BCUT2D eigenvalue weighted by molar-refractivity contribution is 6.31. The van der Waals surface area contributed by atoms with Crippen molar-refractivity contribution in [2.45, 2.75) is 0 Å². The normalized spacial score (nSPS) is 9.84. The van der Waals surface area contributed by atoms with Crippen LogP contribution >= 0.6 is 24.0 Å². The summed E-state index contributed by atoms with van der Waals surface area (Å²) >= 11 is 5.60. The summed E-state index contributed by atoms with van der Waals surface area (Å²) in [6, 6.07) is 4.34. The molecule has 2 N–H and O–H groups in total. The van der Waals surface area contributed by atoms with Crippen LogP contribution in [0.3, 0.4) is 0 Å². The molecule has 0 aliphatic rings. The zero-order chi connectivity index (χ0) is 13.4. The highest BCUT2D eigenvalue weighted by atomic mass is 35.5. The average Bonchev–Trinajstić information content (AvgIpc) is 2.36. The molecule has 0 aromatic heterocycles. The molecule has 0 heterocycles. The van der Waals surface area contributed by atoms with Crippen LogP contribution in [0.5, 0.6) is 0 Å². The molecule has 4 nitrogen and oxygen atoms in total. The van der Waals surface area contributed by atoms with Crippen LogP contribution in [0.4, 0.5) is 4.39 Å². The molecular weight excluding hydrogens is 294 g/mol. The van der Waals surface area contributed by atoms with Crippen molar-refractivity contribution < 1.29 is 13.9 Å². The lowest BCUT2D eigenvalue weighted by molar-refractivity contribution is 0.0949. The first-order valence-electron chi connectivity index (χ1n) is 5.58. The standard InChI is InChI=1S/C12H16ClFN2O2.ClH/c1-18-8-7-15-5-6-16-12(17)9-3-2-4-10(13)11(9)14;/h2-4,15H,5-8H2,1H3,(H,16,17);1H. The number of carbonyl (C=O) groups is 1. The van der Waals surface area contributed by atoms with Crippen LogP contribution in [-0.4, -0.2) is 39.3 Å². The van der Waals surface area contributed by atoms with Gasteiger partial charge >= 0.3 is 0 Å². The Balaban J connectivity index is 0.00000324. The van der Waals surface area contributed by atoms with Gasteiger partial charge in [0, 0.05) is 26.7 Å². The van der Waals surface area contributed by atoms with Crippen molar-refractivity contribution >= 4 is 29.9 Å². The molecule has 1 rings (SSSR count). The van der Waals surface area contributed by atoms with Gasteiger partial charge in [-0.05, 0) is 12.1 Å². The van der Waals surface area contributed by atoms with E-state index in [1.165, 1.54) is 18.2 Å². The minimum atomic E-state index is -0.691. The molecule has 0 spiro atoms. The third-order valence-electron chi connectivity index (χ3n) is 2.27. The summed E-state index contributed by atoms with van der Waals surface area (Å²) in [5, 5.41) is 5.61. The Bertz CT molecular complexity index is 405. The van der Waals surface area contributed by atoms with E-state index in [2.05, 4.69) is 10.6 Å². The number of nitrogens with one attached hydrogen (secondary N) is 2. The molecule has 0 aliphatic carbocycles. The van der Waals surface area contributed by atoms with E-state index in [1.54, 1.807) is 7.11 Å². The maximum absolute atomic E-state index is 13.5. The van der Waals surface area contributed by atoms with Crippen molar-refractivity contribution in [1.82, 2.24) is 10.6 Å². The Morgan fingerprint density at radius 1 is 1.37 bits per heavy atom. The number of benzene rings is 1. The third-order valence-corrected chi connectivity index (χ3v) is 2.56. The van der Waals surface area contributed by atoms with E-state index in [1.807, 2.05) is 0 Å². The Labute approximate surface area is 123 Å². The average molecular weight is 311 g/mol. The second-order valence-electron chi connectivity index (χ2n) is 3.60. The van der Waals surface area contributed by atoms with Crippen LogP contribution in [0.15, 0.2) is 18.2 Å². The van der Waals surface area contributed by atoms with Gasteiger partial charge in [0.1, 0.15) is 0 Å². The number of hydrogen-bond donors (Lipinski definition) is 2. The van der Waals surface area contributed by atoms with Crippen LogP contribution in [0.25, 0.3) is 0 Å². The second-order valence-corrected chi connectivity index (χ2v) is 4.01. The van der Waals surface area contributed by atoms with E-state index in [4.69, 9.17) is 16.3 Å². The van der Waals surface area contributed by atoms with Crippen LogP contribution in [-0.2, 0) is 4.74 Å². The number of carbonyl (C=O) groups excluding carboxylic acids is 1. The zero-order valence-corrected chi connectivity index (χ0v) is 12.1. The van der Waals surface area contributed by atoms with E-state index in [-0.39, 0.29) is 23.0 Å². The van der Waals surface area contributed by atoms with Gasteiger partial charge in [-0.1, -0.05) is 17.7 Å². The second kappa shape index (κ2) is 9.97. The number of amides is 1. The summed E-state index contributed by atoms with van der Waals surface area (Å²) in [6.45, 7) is 2.32. The molecule has 0 atom stereocenters. The Hall–Kier alpha value is -0.880. The zero-order valence-electron chi connectivity index (χ0n) is 10.5. The number of ether oxygens (including phenoxy) is 1. The maximum Gasteiger partial charge on any atom is 0.254 e. The first kappa shape index (κ1) is 18.1. The number of rotatable bonds is 7. The number of methoxy groups -OCH3 is 1. The molecule has 1 amide bonds. The molecule has 108 valence electrons. The quantitative estimate of drug-likeness (QED) is 0.756. The lowest BCUT2D eigenvalue weighted by Gasteiger charge is -2.07. The largest absolute Gasteiger partial charge is 0.383 e. The predicted octanol–water partition coefficient (Wildman–Crippen LogP) is 1.87. The SMILES string of the molecule is COCCNCCNC(=O)c1cccc(Cl)c1F.Cl.